The molecule has 2 aromatic rings. The van der Waals surface area contributed by atoms with Gasteiger partial charge in [-0.25, -0.2) is 4.57 Å². The van der Waals surface area contributed by atoms with E-state index in [9.17, 15) is 19.1 Å². The van der Waals surface area contributed by atoms with E-state index < -0.39 is 20.0 Å². The van der Waals surface area contributed by atoms with E-state index in [1.807, 2.05) is 36.4 Å². The largest absolute Gasteiger partial charge is 0.470 e. The van der Waals surface area contributed by atoms with E-state index in [1.165, 1.54) is 0 Å². The minimum atomic E-state index is -4.79. The summed E-state index contributed by atoms with van der Waals surface area (Å²) >= 11 is 0. The Bertz CT molecular complexity index is 778. The highest BCUT2D eigenvalue weighted by molar-refractivity contribution is 7.46. The molecule has 0 saturated heterocycles. The smallest absolute Gasteiger partial charge is 0.346 e. The van der Waals surface area contributed by atoms with Crippen LogP contribution in [0.15, 0.2) is 60.7 Å². The predicted octanol–water partition coefficient (Wildman–Crippen LogP) is 5.06. The lowest BCUT2D eigenvalue weighted by Gasteiger charge is -2.29. The summed E-state index contributed by atoms with van der Waals surface area (Å²) in [6.07, 6.45) is 4.50. The number of hydrogen-bond donors (Lipinski definition) is 3. The summed E-state index contributed by atoms with van der Waals surface area (Å²) in [5, 5.41) is 2.94. The van der Waals surface area contributed by atoms with Gasteiger partial charge in [-0.3, -0.25) is 9.32 Å². The summed E-state index contributed by atoms with van der Waals surface area (Å²) in [6, 6.07) is 17.2. The van der Waals surface area contributed by atoms with Crippen LogP contribution in [0, 0.1) is 0 Å². The van der Waals surface area contributed by atoms with E-state index in [1.54, 1.807) is 24.3 Å². The fourth-order valence-electron chi connectivity index (χ4n) is 3.23. The Labute approximate surface area is 172 Å². The van der Waals surface area contributed by atoms with Crippen LogP contribution in [0.25, 0.3) is 0 Å². The van der Waals surface area contributed by atoms with Crippen LogP contribution >= 0.6 is 7.82 Å². The molecule has 0 unspecified atom stereocenters. The maximum atomic E-state index is 12.6. The van der Waals surface area contributed by atoms with Gasteiger partial charge in [0.25, 0.3) is 0 Å². The number of carbonyl (C=O) groups is 1. The highest BCUT2D eigenvalue weighted by Crippen LogP contribution is 2.46. The van der Waals surface area contributed by atoms with Crippen LogP contribution in [0.5, 0.6) is 0 Å². The van der Waals surface area contributed by atoms with Crippen molar-refractivity contribution in [3.8, 4) is 0 Å². The zero-order valence-corrected chi connectivity index (χ0v) is 17.6. The molecule has 0 spiro atoms. The summed E-state index contributed by atoms with van der Waals surface area (Å²) in [5.74, 6) is -0.161. The van der Waals surface area contributed by atoms with Crippen LogP contribution in [-0.2, 0) is 13.9 Å². The molecule has 0 aliphatic rings. The molecular formula is C22H30NO5P. The summed E-state index contributed by atoms with van der Waals surface area (Å²) < 4.78 is 16.8. The van der Waals surface area contributed by atoms with Gasteiger partial charge in [0, 0.05) is 6.42 Å². The van der Waals surface area contributed by atoms with Gasteiger partial charge in [-0.05, 0) is 17.5 Å². The standard InChI is InChI=1S/C22H30NO5P/c1-2-3-4-5-12-17-20(24)23-21(18-13-8-6-9-14-18)22(28-29(25,26)27)19-15-10-7-11-16-19/h6-11,13-16,21-22H,2-5,12,17H2,1H3,(H,23,24)(H2,25,26,27)/t21-,22+/m1/s1. The zero-order valence-electron chi connectivity index (χ0n) is 16.7. The Morgan fingerprint density at radius 3 is 2.03 bits per heavy atom. The van der Waals surface area contributed by atoms with Gasteiger partial charge in [0.15, 0.2) is 0 Å². The first kappa shape index (κ1) is 23.3. The number of nitrogens with one attached hydrogen (secondary N) is 1. The van der Waals surface area contributed by atoms with Crippen molar-refractivity contribution >= 4 is 13.7 Å². The maximum Gasteiger partial charge on any atom is 0.470 e. The third kappa shape index (κ3) is 8.50. The van der Waals surface area contributed by atoms with E-state index in [0.717, 1.165) is 32.1 Å². The van der Waals surface area contributed by atoms with Crippen molar-refractivity contribution in [2.24, 2.45) is 0 Å². The normalized spacial score (nSPS) is 13.6. The Kier molecular flexibility index (Phi) is 9.55. The predicted molar refractivity (Wildman–Crippen MR) is 113 cm³/mol. The number of benzene rings is 2. The van der Waals surface area contributed by atoms with Crippen molar-refractivity contribution in [1.29, 1.82) is 0 Å². The molecule has 0 aliphatic heterocycles. The van der Waals surface area contributed by atoms with Crippen molar-refractivity contribution < 1.29 is 23.7 Å². The van der Waals surface area contributed by atoms with E-state index >= 15 is 0 Å². The number of rotatable bonds is 12. The molecule has 158 valence electrons. The van der Waals surface area contributed by atoms with Crippen LogP contribution in [0.3, 0.4) is 0 Å². The molecule has 2 atom stereocenters. The first-order chi connectivity index (χ1) is 13.9. The minimum Gasteiger partial charge on any atom is -0.346 e. The highest BCUT2D eigenvalue weighted by Gasteiger charge is 2.33. The zero-order chi connectivity index (χ0) is 21.1. The van der Waals surface area contributed by atoms with E-state index in [2.05, 4.69) is 12.2 Å². The third-order valence-electron chi connectivity index (χ3n) is 4.66. The van der Waals surface area contributed by atoms with E-state index in [0.29, 0.717) is 17.5 Å². The van der Waals surface area contributed by atoms with Crippen LogP contribution in [0.2, 0.25) is 0 Å². The number of phosphoric acid groups is 1. The molecule has 29 heavy (non-hydrogen) atoms. The molecule has 0 aromatic heterocycles. The molecule has 2 aromatic carbocycles. The van der Waals surface area contributed by atoms with Crippen LogP contribution in [0.4, 0.5) is 0 Å². The second-order valence-corrected chi connectivity index (χ2v) is 8.24. The van der Waals surface area contributed by atoms with Crippen molar-refractivity contribution in [3.05, 3.63) is 71.8 Å². The number of carbonyl (C=O) groups excluding carboxylic acids is 1. The number of hydrogen-bond acceptors (Lipinski definition) is 3. The van der Waals surface area contributed by atoms with Gasteiger partial charge >= 0.3 is 7.82 Å². The second-order valence-electron chi connectivity index (χ2n) is 7.05. The lowest BCUT2D eigenvalue weighted by molar-refractivity contribution is -0.122. The monoisotopic (exact) mass is 419 g/mol. The summed E-state index contributed by atoms with van der Waals surface area (Å²) in [7, 11) is -4.79. The van der Waals surface area contributed by atoms with Crippen LogP contribution in [0.1, 0.15) is 68.7 Å². The van der Waals surface area contributed by atoms with Crippen molar-refractivity contribution in [2.75, 3.05) is 0 Å². The Morgan fingerprint density at radius 1 is 0.931 bits per heavy atom. The Balaban J connectivity index is 2.23. The van der Waals surface area contributed by atoms with Crippen molar-refractivity contribution in [3.63, 3.8) is 0 Å². The quantitative estimate of drug-likeness (QED) is 0.330. The molecule has 0 radical (unpaired) electrons. The third-order valence-corrected chi connectivity index (χ3v) is 5.17. The molecule has 0 aliphatic carbocycles. The Hall–Kier alpha value is -1.98. The lowest BCUT2D eigenvalue weighted by atomic mass is 9.95. The SMILES string of the molecule is CCCCCCCC(=O)N[C@H](c1ccccc1)[C@@H](OP(=O)(O)O)c1ccccc1. The molecule has 2 rings (SSSR count). The van der Waals surface area contributed by atoms with Crippen molar-refractivity contribution in [2.45, 2.75) is 57.6 Å². The van der Waals surface area contributed by atoms with Gasteiger partial charge in [0.05, 0.1) is 6.04 Å². The van der Waals surface area contributed by atoms with Crippen LogP contribution < -0.4 is 5.32 Å². The topological polar surface area (TPSA) is 95.9 Å². The second kappa shape index (κ2) is 11.9. The summed E-state index contributed by atoms with van der Waals surface area (Å²) in [6.45, 7) is 2.14. The van der Waals surface area contributed by atoms with E-state index in [4.69, 9.17) is 4.52 Å². The van der Waals surface area contributed by atoms with Crippen molar-refractivity contribution in [1.82, 2.24) is 5.32 Å². The van der Waals surface area contributed by atoms with Crippen LogP contribution in [-0.4, -0.2) is 15.7 Å². The van der Waals surface area contributed by atoms with Gasteiger partial charge in [-0.1, -0.05) is 93.3 Å². The van der Waals surface area contributed by atoms with Gasteiger partial charge in [-0.15, -0.1) is 0 Å². The molecule has 1 amide bonds. The van der Waals surface area contributed by atoms with Gasteiger partial charge in [0.1, 0.15) is 6.10 Å². The fraction of sp³-hybridized carbons (Fsp3) is 0.409. The number of amides is 1. The maximum absolute atomic E-state index is 12.6. The molecule has 0 bridgehead atoms. The number of unbranched alkanes of at least 4 members (excludes halogenated alkanes) is 4. The van der Waals surface area contributed by atoms with Gasteiger partial charge < -0.3 is 15.1 Å². The first-order valence-corrected chi connectivity index (χ1v) is 11.6. The molecular weight excluding hydrogens is 389 g/mol. The average molecular weight is 419 g/mol. The molecule has 3 N–H and O–H groups in total. The number of phosphoric ester groups is 1. The van der Waals surface area contributed by atoms with Gasteiger partial charge in [0.2, 0.25) is 5.91 Å². The Morgan fingerprint density at radius 2 is 1.48 bits per heavy atom. The lowest BCUT2D eigenvalue weighted by Crippen LogP contribution is -2.33. The van der Waals surface area contributed by atoms with Gasteiger partial charge in [-0.2, -0.15) is 0 Å². The summed E-state index contributed by atoms with van der Waals surface area (Å²) in [5.41, 5.74) is 1.29. The molecule has 0 fully saturated rings. The molecule has 6 nitrogen and oxygen atoms in total. The molecule has 0 heterocycles. The summed E-state index contributed by atoms with van der Waals surface area (Å²) in [4.78, 5) is 31.6. The van der Waals surface area contributed by atoms with E-state index in [-0.39, 0.29) is 5.91 Å². The molecule has 7 heteroatoms. The highest BCUT2D eigenvalue weighted by atomic mass is 31.2. The fourth-order valence-corrected chi connectivity index (χ4v) is 3.77. The first-order valence-electron chi connectivity index (χ1n) is 10.0. The minimum absolute atomic E-state index is 0.161. The average Bonchev–Trinajstić information content (AvgIpc) is 2.71. The molecule has 0 saturated carbocycles.